The highest BCUT2D eigenvalue weighted by Gasteiger charge is 2.35. The lowest BCUT2D eigenvalue weighted by atomic mass is 9.94. The quantitative estimate of drug-likeness (QED) is 0.590. The Morgan fingerprint density at radius 3 is 2.70 bits per heavy atom. The molecule has 3 aromatic rings. The van der Waals surface area contributed by atoms with E-state index < -0.39 is 6.04 Å². The van der Waals surface area contributed by atoms with Crippen molar-refractivity contribution in [3.8, 4) is 11.4 Å². The molecule has 0 radical (unpaired) electrons. The van der Waals surface area contributed by atoms with E-state index in [0.717, 1.165) is 17.7 Å². The second-order valence-corrected chi connectivity index (χ2v) is 7.45. The third-order valence-corrected chi connectivity index (χ3v) is 5.24. The van der Waals surface area contributed by atoms with Crippen LogP contribution in [0.15, 0.2) is 58.8 Å². The third-order valence-electron chi connectivity index (χ3n) is 4.99. The van der Waals surface area contributed by atoms with E-state index in [2.05, 4.69) is 15.5 Å². The normalized spacial score (nSPS) is 16.7. The van der Waals surface area contributed by atoms with Gasteiger partial charge in [-0.3, -0.25) is 4.90 Å². The number of nitrogens with one attached hydrogen (secondary N) is 1. The predicted octanol–water partition coefficient (Wildman–Crippen LogP) is 5.44. The van der Waals surface area contributed by atoms with Crippen molar-refractivity contribution in [3.63, 3.8) is 0 Å². The van der Waals surface area contributed by atoms with Crippen molar-refractivity contribution in [2.45, 2.75) is 26.3 Å². The van der Waals surface area contributed by atoms with Crippen molar-refractivity contribution in [2.75, 3.05) is 6.54 Å². The molecule has 0 saturated carbocycles. The molecule has 1 aliphatic rings. The summed E-state index contributed by atoms with van der Waals surface area (Å²) >= 11 is 6.03. The maximum absolute atomic E-state index is 13.6. The van der Waals surface area contributed by atoms with Gasteiger partial charge < -0.3 is 9.84 Å². The summed E-state index contributed by atoms with van der Waals surface area (Å²) in [5.41, 5.74) is 2.77. The van der Waals surface area contributed by atoms with E-state index in [1.165, 1.54) is 12.1 Å². The molecule has 0 saturated heterocycles. The number of aromatic nitrogens is 2. The Kier molecular flexibility index (Phi) is 5.55. The number of amides is 2. The summed E-state index contributed by atoms with van der Waals surface area (Å²) in [7, 11) is 0. The van der Waals surface area contributed by atoms with Gasteiger partial charge in [-0.2, -0.15) is 4.98 Å². The van der Waals surface area contributed by atoms with E-state index in [9.17, 15) is 9.18 Å². The Morgan fingerprint density at radius 2 is 2.00 bits per heavy atom. The molecule has 4 rings (SSSR count). The van der Waals surface area contributed by atoms with E-state index in [4.69, 9.17) is 16.1 Å². The lowest BCUT2D eigenvalue weighted by molar-refractivity contribution is 0.205. The summed E-state index contributed by atoms with van der Waals surface area (Å²) in [5, 5.41) is 7.65. The summed E-state index contributed by atoms with van der Waals surface area (Å²) < 4.78 is 19.2. The van der Waals surface area contributed by atoms with Crippen LogP contribution in [-0.2, 0) is 0 Å². The molecule has 1 aromatic heterocycles. The van der Waals surface area contributed by atoms with Crippen molar-refractivity contribution in [1.82, 2.24) is 20.4 Å². The molecule has 1 N–H and O–H groups in total. The number of urea groups is 1. The van der Waals surface area contributed by atoms with Gasteiger partial charge in [0.25, 0.3) is 5.89 Å². The van der Waals surface area contributed by atoms with Gasteiger partial charge in [-0.05, 0) is 43.2 Å². The maximum Gasteiger partial charge on any atom is 0.322 e. The number of hydrogen-bond acceptors (Lipinski definition) is 4. The first-order valence-corrected chi connectivity index (χ1v) is 10.00. The molecule has 0 bridgehead atoms. The molecule has 1 atom stereocenters. The summed E-state index contributed by atoms with van der Waals surface area (Å²) in [4.78, 5) is 18.9. The first-order valence-electron chi connectivity index (χ1n) is 9.62. The van der Waals surface area contributed by atoms with Gasteiger partial charge in [0.1, 0.15) is 5.82 Å². The highest BCUT2D eigenvalue weighted by Crippen LogP contribution is 2.37. The van der Waals surface area contributed by atoms with Gasteiger partial charge in [0.15, 0.2) is 0 Å². The number of nitrogens with zero attached hydrogens (tertiary/aromatic N) is 3. The van der Waals surface area contributed by atoms with Gasteiger partial charge in [-0.1, -0.05) is 47.9 Å². The van der Waals surface area contributed by atoms with Gasteiger partial charge >= 0.3 is 6.03 Å². The Morgan fingerprint density at radius 1 is 1.23 bits per heavy atom. The van der Waals surface area contributed by atoms with Crippen LogP contribution in [0.2, 0.25) is 5.02 Å². The van der Waals surface area contributed by atoms with E-state index >= 15 is 0 Å². The topological polar surface area (TPSA) is 71.3 Å². The zero-order valence-corrected chi connectivity index (χ0v) is 17.3. The second-order valence-electron chi connectivity index (χ2n) is 7.02. The standard InChI is InChI=1S/C22H20ClFN4O2/c1-3-11-28-13(2)18(19(25-22(28)29)14-7-9-16(23)10-8-14)21-26-20(27-30-21)15-5-4-6-17(24)12-15/h4-10,12,19H,3,11H2,1-2H3,(H,25,29). The second kappa shape index (κ2) is 8.28. The lowest BCUT2D eigenvalue weighted by Crippen LogP contribution is -2.46. The molecular weight excluding hydrogens is 407 g/mol. The van der Waals surface area contributed by atoms with Crippen molar-refractivity contribution in [1.29, 1.82) is 0 Å². The third kappa shape index (κ3) is 3.80. The average Bonchev–Trinajstić information content (AvgIpc) is 3.21. The van der Waals surface area contributed by atoms with Crippen molar-refractivity contribution >= 4 is 23.2 Å². The Balaban J connectivity index is 1.81. The van der Waals surface area contributed by atoms with Crippen LogP contribution < -0.4 is 5.32 Å². The van der Waals surface area contributed by atoms with E-state index in [0.29, 0.717) is 22.7 Å². The number of halogens is 2. The Hall–Kier alpha value is -3.19. The maximum atomic E-state index is 13.6. The molecule has 2 aromatic carbocycles. The molecule has 2 heterocycles. The first kappa shape index (κ1) is 20.1. The van der Waals surface area contributed by atoms with Gasteiger partial charge in [0.05, 0.1) is 11.6 Å². The molecule has 154 valence electrons. The van der Waals surface area contributed by atoms with Crippen LogP contribution in [0, 0.1) is 5.82 Å². The molecule has 0 aliphatic carbocycles. The largest absolute Gasteiger partial charge is 0.334 e. The summed E-state index contributed by atoms with van der Waals surface area (Å²) in [6.07, 6.45) is 0.794. The number of carbonyl (C=O) groups excluding carboxylic acids is 1. The molecule has 1 unspecified atom stereocenters. The van der Waals surface area contributed by atoms with Gasteiger partial charge in [0, 0.05) is 22.8 Å². The highest BCUT2D eigenvalue weighted by molar-refractivity contribution is 6.30. The fourth-order valence-electron chi connectivity index (χ4n) is 3.53. The zero-order valence-electron chi connectivity index (χ0n) is 16.5. The summed E-state index contributed by atoms with van der Waals surface area (Å²) in [6, 6.07) is 12.5. The smallest absolute Gasteiger partial charge is 0.322 e. The molecule has 8 heteroatoms. The number of carbonyl (C=O) groups is 1. The zero-order chi connectivity index (χ0) is 21.3. The molecular formula is C22H20ClFN4O2. The fourth-order valence-corrected chi connectivity index (χ4v) is 3.66. The lowest BCUT2D eigenvalue weighted by Gasteiger charge is -2.35. The first-order chi connectivity index (χ1) is 14.5. The molecule has 0 fully saturated rings. The fraction of sp³-hybridized carbons (Fsp3) is 0.227. The number of benzene rings is 2. The number of allylic oxidation sites excluding steroid dienone is 1. The Labute approximate surface area is 178 Å². The number of hydrogen-bond donors (Lipinski definition) is 1. The van der Waals surface area contributed by atoms with E-state index in [1.54, 1.807) is 29.2 Å². The summed E-state index contributed by atoms with van der Waals surface area (Å²) in [5.74, 6) is 0.166. The Bertz CT molecular complexity index is 1110. The van der Waals surface area contributed by atoms with Crippen molar-refractivity contribution < 1.29 is 13.7 Å². The van der Waals surface area contributed by atoms with Crippen LogP contribution in [0.4, 0.5) is 9.18 Å². The van der Waals surface area contributed by atoms with Crippen molar-refractivity contribution in [3.05, 3.63) is 76.5 Å². The van der Waals surface area contributed by atoms with Crippen LogP contribution in [0.1, 0.15) is 37.8 Å². The van der Waals surface area contributed by atoms with Crippen molar-refractivity contribution in [2.24, 2.45) is 0 Å². The predicted molar refractivity (Wildman–Crippen MR) is 112 cm³/mol. The van der Waals surface area contributed by atoms with E-state index in [1.807, 2.05) is 26.0 Å². The van der Waals surface area contributed by atoms with Crippen LogP contribution in [0.5, 0.6) is 0 Å². The monoisotopic (exact) mass is 426 g/mol. The molecule has 30 heavy (non-hydrogen) atoms. The van der Waals surface area contributed by atoms with Gasteiger partial charge in [-0.25, -0.2) is 9.18 Å². The van der Waals surface area contributed by atoms with Gasteiger partial charge in [0.2, 0.25) is 5.82 Å². The van der Waals surface area contributed by atoms with E-state index in [-0.39, 0.29) is 23.6 Å². The van der Waals surface area contributed by atoms with Crippen LogP contribution in [0.3, 0.4) is 0 Å². The van der Waals surface area contributed by atoms with Gasteiger partial charge in [-0.15, -0.1) is 0 Å². The average molecular weight is 427 g/mol. The van der Waals surface area contributed by atoms with Crippen LogP contribution in [-0.4, -0.2) is 27.6 Å². The molecule has 0 spiro atoms. The van der Waals surface area contributed by atoms with Crippen LogP contribution in [0.25, 0.3) is 17.0 Å². The summed E-state index contributed by atoms with van der Waals surface area (Å²) in [6.45, 7) is 4.42. The SMILES string of the molecule is CCCN1C(=O)NC(c2ccc(Cl)cc2)C(c2nc(-c3cccc(F)c3)no2)=C1C. The molecule has 6 nitrogen and oxygen atoms in total. The minimum absolute atomic E-state index is 0.192. The molecule has 2 amide bonds. The molecule has 1 aliphatic heterocycles. The minimum atomic E-state index is -0.483. The number of rotatable bonds is 5. The minimum Gasteiger partial charge on any atom is -0.334 e. The van der Waals surface area contributed by atoms with Crippen LogP contribution >= 0.6 is 11.6 Å². The highest BCUT2D eigenvalue weighted by atomic mass is 35.5.